The van der Waals surface area contributed by atoms with Crippen LogP contribution in [0.15, 0.2) is 24.3 Å². The zero-order valence-electron chi connectivity index (χ0n) is 8.90. The molecule has 1 aromatic rings. The highest BCUT2D eigenvalue weighted by Crippen LogP contribution is 2.11. The Kier molecular flexibility index (Phi) is 4.12. The Bertz CT molecular complexity index is 319. The van der Waals surface area contributed by atoms with E-state index in [0.29, 0.717) is 0 Å². The fraction of sp³-hybridized carbons (Fsp3) is 0.364. The lowest BCUT2D eigenvalue weighted by molar-refractivity contribution is -0.146. The second kappa shape index (κ2) is 5.36. The monoisotopic (exact) mass is 209 g/mol. The number of benzene rings is 1. The van der Waals surface area contributed by atoms with Crippen LogP contribution in [0, 0.1) is 0 Å². The quantitative estimate of drug-likeness (QED) is 0.754. The predicted molar refractivity (Wildman–Crippen MR) is 56.4 cm³/mol. The van der Waals surface area contributed by atoms with Crippen molar-refractivity contribution in [2.45, 2.75) is 19.6 Å². The fourth-order valence-electron chi connectivity index (χ4n) is 1.01. The molecule has 1 unspecified atom stereocenters. The van der Waals surface area contributed by atoms with E-state index in [1.54, 1.807) is 14.0 Å². The molecule has 0 amide bonds. The number of methoxy groups -OCH3 is 1. The van der Waals surface area contributed by atoms with Gasteiger partial charge in [0, 0.05) is 0 Å². The Morgan fingerprint density at radius 1 is 1.40 bits per heavy atom. The first-order chi connectivity index (χ1) is 7.13. The molecule has 0 aliphatic heterocycles. The molecular formula is C11H15NO3. The predicted octanol–water partition coefficient (Wildman–Crippen LogP) is 1.09. The van der Waals surface area contributed by atoms with Gasteiger partial charge in [0.2, 0.25) is 0 Å². The summed E-state index contributed by atoms with van der Waals surface area (Å²) in [5.41, 5.74) is 6.26. The van der Waals surface area contributed by atoms with Crippen molar-refractivity contribution < 1.29 is 14.3 Å². The summed E-state index contributed by atoms with van der Waals surface area (Å²) in [6.45, 7) is 1.83. The van der Waals surface area contributed by atoms with Crippen LogP contribution in [0.25, 0.3) is 0 Å². The van der Waals surface area contributed by atoms with Gasteiger partial charge in [0.25, 0.3) is 0 Å². The van der Waals surface area contributed by atoms with E-state index in [9.17, 15) is 4.79 Å². The molecule has 0 spiro atoms. The lowest BCUT2D eigenvalue weighted by atomic mass is 10.2. The summed E-state index contributed by atoms with van der Waals surface area (Å²) in [5, 5.41) is 0. The van der Waals surface area contributed by atoms with Crippen molar-refractivity contribution in [3.63, 3.8) is 0 Å². The van der Waals surface area contributed by atoms with E-state index in [1.807, 2.05) is 24.3 Å². The first-order valence-corrected chi connectivity index (χ1v) is 4.68. The van der Waals surface area contributed by atoms with Crippen LogP contribution in [-0.2, 0) is 16.1 Å². The highest BCUT2D eigenvalue weighted by Gasteiger charge is 2.08. The van der Waals surface area contributed by atoms with Gasteiger partial charge in [-0.2, -0.15) is 0 Å². The third kappa shape index (κ3) is 3.59. The molecule has 0 bridgehead atoms. The van der Waals surface area contributed by atoms with E-state index in [0.717, 1.165) is 11.3 Å². The molecule has 0 aromatic heterocycles. The third-order valence-corrected chi connectivity index (χ3v) is 1.91. The first-order valence-electron chi connectivity index (χ1n) is 4.68. The fourth-order valence-corrected chi connectivity index (χ4v) is 1.01. The number of esters is 1. The molecule has 0 saturated heterocycles. The summed E-state index contributed by atoms with van der Waals surface area (Å²) in [7, 11) is 1.60. The van der Waals surface area contributed by atoms with Gasteiger partial charge in [-0.25, -0.2) is 0 Å². The van der Waals surface area contributed by atoms with E-state index >= 15 is 0 Å². The van der Waals surface area contributed by atoms with Crippen molar-refractivity contribution in [2.75, 3.05) is 7.11 Å². The van der Waals surface area contributed by atoms with Gasteiger partial charge in [0.15, 0.2) is 0 Å². The van der Waals surface area contributed by atoms with Gasteiger partial charge in [0.05, 0.1) is 7.11 Å². The van der Waals surface area contributed by atoms with Crippen molar-refractivity contribution in [3.05, 3.63) is 29.8 Å². The largest absolute Gasteiger partial charge is 0.497 e. The van der Waals surface area contributed by atoms with Gasteiger partial charge in [-0.1, -0.05) is 12.1 Å². The number of carbonyl (C=O) groups excluding carboxylic acids is 1. The average molecular weight is 209 g/mol. The number of rotatable bonds is 4. The number of nitrogens with two attached hydrogens (primary N) is 1. The molecule has 0 aliphatic rings. The van der Waals surface area contributed by atoms with E-state index in [-0.39, 0.29) is 6.61 Å². The SMILES string of the molecule is COc1ccc(COC(=O)C(C)N)cc1. The molecule has 0 heterocycles. The topological polar surface area (TPSA) is 61.5 Å². The Hall–Kier alpha value is -1.55. The minimum atomic E-state index is -0.580. The van der Waals surface area contributed by atoms with Crippen molar-refractivity contribution >= 4 is 5.97 Å². The maximum absolute atomic E-state index is 11.1. The second-order valence-electron chi connectivity index (χ2n) is 3.24. The van der Waals surface area contributed by atoms with Crippen LogP contribution in [0.3, 0.4) is 0 Å². The van der Waals surface area contributed by atoms with Crippen LogP contribution in [0.2, 0.25) is 0 Å². The van der Waals surface area contributed by atoms with Crippen LogP contribution < -0.4 is 10.5 Å². The maximum Gasteiger partial charge on any atom is 0.322 e. The van der Waals surface area contributed by atoms with E-state index in [2.05, 4.69) is 0 Å². The lowest BCUT2D eigenvalue weighted by Gasteiger charge is -2.07. The summed E-state index contributed by atoms with van der Waals surface area (Å²) in [5.74, 6) is 0.378. The Labute approximate surface area is 89.0 Å². The third-order valence-electron chi connectivity index (χ3n) is 1.91. The maximum atomic E-state index is 11.1. The van der Waals surface area contributed by atoms with E-state index < -0.39 is 12.0 Å². The molecule has 0 aliphatic carbocycles. The normalized spacial score (nSPS) is 11.9. The summed E-state index contributed by atoms with van der Waals surface area (Å²) >= 11 is 0. The zero-order chi connectivity index (χ0) is 11.3. The Balaban J connectivity index is 2.47. The Morgan fingerprint density at radius 3 is 2.47 bits per heavy atom. The molecule has 4 nitrogen and oxygen atoms in total. The van der Waals surface area contributed by atoms with E-state index in [1.165, 1.54) is 0 Å². The lowest BCUT2D eigenvalue weighted by Crippen LogP contribution is -2.28. The zero-order valence-corrected chi connectivity index (χ0v) is 8.90. The van der Waals surface area contributed by atoms with Crippen molar-refractivity contribution in [3.8, 4) is 5.75 Å². The molecule has 0 radical (unpaired) electrons. The Morgan fingerprint density at radius 2 is 2.00 bits per heavy atom. The van der Waals surface area contributed by atoms with Gasteiger partial charge in [-0.05, 0) is 24.6 Å². The minimum Gasteiger partial charge on any atom is -0.497 e. The van der Waals surface area contributed by atoms with Crippen molar-refractivity contribution in [1.82, 2.24) is 0 Å². The number of hydrogen-bond donors (Lipinski definition) is 1. The second-order valence-corrected chi connectivity index (χ2v) is 3.24. The molecule has 1 atom stereocenters. The summed E-state index contributed by atoms with van der Waals surface area (Å²) in [6.07, 6.45) is 0. The number of carbonyl (C=O) groups is 1. The van der Waals surface area contributed by atoms with Gasteiger partial charge >= 0.3 is 5.97 Å². The molecule has 0 saturated carbocycles. The molecule has 15 heavy (non-hydrogen) atoms. The molecule has 1 aromatic carbocycles. The summed E-state index contributed by atoms with van der Waals surface area (Å²) in [4.78, 5) is 11.1. The van der Waals surface area contributed by atoms with Gasteiger partial charge < -0.3 is 15.2 Å². The molecule has 1 rings (SSSR count). The van der Waals surface area contributed by atoms with Crippen LogP contribution in [-0.4, -0.2) is 19.1 Å². The van der Waals surface area contributed by atoms with Crippen molar-refractivity contribution in [1.29, 1.82) is 0 Å². The van der Waals surface area contributed by atoms with Gasteiger partial charge in [0.1, 0.15) is 18.4 Å². The molecule has 4 heteroatoms. The molecule has 2 N–H and O–H groups in total. The molecule has 0 fully saturated rings. The number of ether oxygens (including phenoxy) is 2. The summed E-state index contributed by atoms with van der Waals surface area (Å²) in [6, 6.07) is 6.73. The highest BCUT2D eigenvalue weighted by molar-refractivity contribution is 5.74. The summed E-state index contributed by atoms with van der Waals surface area (Å²) < 4.78 is 9.96. The highest BCUT2D eigenvalue weighted by atomic mass is 16.5. The van der Waals surface area contributed by atoms with Crippen LogP contribution in [0.1, 0.15) is 12.5 Å². The minimum absolute atomic E-state index is 0.240. The van der Waals surface area contributed by atoms with Crippen molar-refractivity contribution in [2.24, 2.45) is 5.73 Å². The molecule has 82 valence electrons. The number of hydrogen-bond acceptors (Lipinski definition) is 4. The van der Waals surface area contributed by atoms with Crippen LogP contribution >= 0.6 is 0 Å². The smallest absolute Gasteiger partial charge is 0.322 e. The molecular weight excluding hydrogens is 194 g/mol. The van der Waals surface area contributed by atoms with Gasteiger partial charge in [-0.15, -0.1) is 0 Å². The van der Waals surface area contributed by atoms with Gasteiger partial charge in [-0.3, -0.25) is 4.79 Å². The standard InChI is InChI=1S/C11H15NO3/c1-8(12)11(13)15-7-9-3-5-10(14-2)6-4-9/h3-6,8H,7,12H2,1-2H3. The van der Waals surface area contributed by atoms with E-state index in [4.69, 9.17) is 15.2 Å². The average Bonchev–Trinajstić information content (AvgIpc) is 2.26. The van der Waals surface area contributed by atoms with Crippen LogP contribution in [0.4, 0.5) is 0 Å². The van der Waals surface area contributed by atoms with Crippen LogP contribution in [0.5, 0.6) is 5.75 Å². The first kappa shape index (κ1) is 11.5.